The van der Waals surface area contributed by atoms with E-state index in [2.05, 4.69) is 24.0 Å². The van der Waals surface area contributed by atoms with Crippen molar-refractivity contribution in [2.24, 2.45) is 5.73 Å². The second-order valence-corrected chi connectivity index (χ2v) is 4.52. The Bertz CT molecular complexity index is 535. The van der Waals surface area contributed by atoms with Gasteiger partial charge in [-0.2, -0.15) is 0 Å². The summed E-state index contributed by atoms with van der Waals surface area (Å²) < 4.78 is 11.1. The first-order valence-electron chi connectivity index (χ1n) is 6.00. The number of nitrogens with two attached hydrogens (primary N) is 1. The van der Waals surface area contributed by atoms with E-state index in [1.165, 1.54) is 5.56 Å². The molecule has 90 valence electrons. The molecular formula is C13H16N2O2. The zero-order valence-electron chi connectivity index (χ0n) is 9.85. The lowest BCUT2D eigenvalue weighted by Gasteiger charge is -2.07. The Morgan fingerprint density at radius 2 is 2.29 bits per heavy atom. The molecular weight excluding hydrogens is 216 g/mol. The zero-order chi connectivity index (χ0) is 11.8. The lowest BCUT2D eigenvalue weighted by Crippen LogP contribution is -2.26. The summed E-state index contributed by atoms with van der Waals surface area (Å²) >= 11 is 0. The van der Waals surface area contributed by atoms with Crippen molar-refractivity contribution >= 4 is 11.1 Å². The average molecular weight is 232 g/mol. The van der Waals surface area contributed by atoms with Crippen LogP contribution >= 0.6 is 0 Å². The third kappa shape index (κ3) is 1.83. The van der Waals surface area contributed by atoms with Crippen molar-refractivity contribution in [3.63, 3.8) is 0 Å². The van der Waals surface area contributed by atoms with Gasteiger partial charge in [0.2, 0.25) is 5.89 Å². The fraction of sp³-hybridized carbons (Fsp3) is 0.462. The Balaban J connectivity index is 2.01. The molecule has 0 amide bonds. The van der Waals surface area contributed by atoms with Crippen LogP contribution in [-0.4, -0.2) is 24.2 Å². The smallest absolute Gasteiger partial charge is 0.202 e. The molecule has 0 spiro atoms. The van der Waals surface area contributed by atoms with Crippen LogP contribution in [-0.2, 0) is 11.2 Å². The first-order chi connectivity index (χ1) is 8.28. The molecule has 2 atom stereocenters. The van der Waals surface area contributed by atoms with Gasteiger partial charge >= 0.3 is 0 Å². The van der Waals surface area contributed by atoms with Crippen LogP contribution < -0.4 is 5.73 Å². The number of ether oxygens (including phenoxy) is 1. The lowest BCUT2D eigenvalue weighted by molar-refractivity contribution is 0.188. The van der Waals surface area contributed by atoms with Crippen molar-refractivity contribution in [2.45, 2.75) is 25.3 Å². The predicted molar refractivity (Wildman–Crippen MR) is 64.9 cm³/mol. The fourth-order valence-corrected chi connectivity index (χ4v) is 2.19. The van der Waals surface area contributed by atoms with E-state index >= 15 is 0 Å². The van der Waals surface area contributed by atoms with Crippen molar-refractivity contribution in [1.29, 1.82) is 0 Å². The van der Waals surface area contributed by atoms with Crippen molar-refractivity contribution in [3.05, 3.63) is 29.7 Å². The SMILES string of the molecule is CCc1ccc2oc(C3COCC3N)nc2c1. The van der Waals surface area contributed by atoms with Gasteiger partial charge in [-0.15, -0.1) is 0 Å². The van der Waals surface area contributed by atoms with Gasteiger partial charge in [-0.25, -0.2) is 4.98 Å². The molecule has 1 aromatic heterocycles. The highest BCUT2D eigenvalue weighted by Crippen LogP contribution is 2.27. The topological polar surface area (TPSA) is 61.3 Å². The van der Waals surface area contributed by atoms with E-state index in [0.29, 0.717) is 19.1 Å². The van der Waals surface area contributed by atoms with E-state index in [0.717, 1.165) is 17.5 Å². The van der Waals surface area contributed by atoms with Crippen LogP contribution in [0.5, 0.6) is 0 Å². The number of nitrogens with zero attached hydrogens (tertiary/aromatic N) is 1. The van der Waals surface area contributed by atoms with Gasteiger partial charge < -0.3 is 14.9 Å². The second kappa shape index (κ2) is 4.13. The van der Waals surface area contributed by atoms with Gasteiger partial charge in [-0.05, 0) is 24.1 Å². The number of hydrogen-bond acceptors (Lipinski definition) is 4. The van der Waals surface area contributed by atoms with E-state index in [-0.39, 0.29) is 12.0 Å². The minimum absolute atomic E-state index is 0.00583. The number of hydrogen-bond donors (Lipinski definition) is 1. The zero-order valence-corrected chi connectivity index (χ0v) is 9.85. The summed E-state index contributed by atoms with van der Waals surface area (Å²) in [5.74, 6) is 0.797. The Kier molecular flexibility index (Phi) is 2.61. The molecule has 1 aromatic carbocycles. The van der Waals surface area contributed by atoms with Crippen LogP contribution in [0.1, 0.15) is 24.3 Å². The molecule has 3 rings (SSSR count). The molecule has 0 aliphatic carbocycles. The maximum Gasteiger partial charge on any atom is 0.202 e. The monoisotopic (exact) mass is 232 g/mol. The first kappa shape index (κ1) is 10.7. The van der Waals surface area contributed by atoms with E-state index in [4.69, 9.17) is 14.9 Å². The maximum atomic E-state index is 5.96. The number of oxazole rings is 1. The van der Waals surface area contributed by atoms with Crippen LogP contribution in [0.25, 0.3) is 11.1 Å². The van der Waals surface area contributed by atoms with Crippen LogP contribution in [0.15, 0.2) is 22.6 Å². The summed E-state index contributed by atoms with van der Waals surface area (Å²) in [5, 5.41) is 0. The van der Waals surface area contributed by atoms with Crippen molar-refractivity contribution in [2.75, 3.05) is 13.2 Å². The van der Waals surface area contributed by atoms with Crippen LogP contribution in [0, 0.1) is 0 Å². The van der Waals surface area contributed by atoms with Gasteiger partial charge in [0, 0.05) is 6.04 Å². The van der Waals surface area contributed by atoms with Gasteiger partial charge in [-0.1, -0.05) is 13.0 Å². The summed E-state index contributed by atoms with van der Waals surface area (Å²) in [6, 6.07) is 6.12. The minimum atomic E-state index is -0.00583. The third-order valence-electron chi connectivity index (χ3n) is 3.32. The molecule has 1 aliphatic heterocycles. The molecule has 1 aliphatic rings. The van der Waals surface area contributed by atoms with Crippen molar-refractivity contribution in [3.8, 4) is 0 Å². The second-order valence-electron chi connectivity index (χ2n) is 4.52. The molecule has 2 aromatic rings. The highest BCUT2D eigenvalue weighted by Gasteiger charge is 2.30. The Labute approximate surface area is 99.8 Å². The highest BCUT2D eigenvalue weighted by atomic mass is 16.5. The minimum Gasteiger partial charge on any atom is -0.440 e. The first-order valence-corrected chi connectivity index (χ1v) is 6.00. The van der Waals surface area contributed by atoms with Crippen LogP contribution in [0.3, 0.4) is 0 Å². The standard InChI is InChI=1S/C13H16N2O2/c1-2-8-3-4-12-11(5-8)15-13(17-12)9-6-16-7-10(9)14/h3-5,9-10H,2,6-7,14H2,1H3. The highest BCUT2D eigenvalue weighted by molar-refractivity contribution is 5.73. The number of aromatic nitrogens is 1. The normalized spacial score (nSPS) is 24.6. The van der Waals surface area contributed by atoms with Crippen LogP contribution in [0.2, 0.25) is 0 Å². The Morgan fingerprint density at radius 1 is 1.41 bits per heavy atom. The molecule has 0 radical (unpaired) electrons. The van der Waals surface area contributed by atoms with Gasteiger partial charge in [0.1, 0.15) is 5.52 Å². The molecule has 0 bridgehead atoms. The molecule has 2 N–H and O–H groups in total. The molecule has 17 heavy (non-hydrogen) atoms. The third-order valence-corrected chi connectivity index (χ3v) is 3.32. The average Bonchev–Trinajstić information content (AvgIpc) is 2.93. The number of aryl methyl sites for hydroxylation is 1. The number of benzene rings is 1. The van der Waals surface area contributed by atoms with Gasteiger partial charge in [-0.3, -0.25) is 0 Å². The van der Waals surface area contributed by atoms with E-state index in [9.17, 15) is 0 Å². The van der Waals surface area contributed by atoms with Gasteiger partial charge in [0.25, 0.3) is 0 Å². The summed E-state index contributed by atoms with van der Waals surface area (Å²) in [7, 11) is 0. The van der Waals surface area contributed by atoms with E-state index in [1.54, 1.807) is 0 Å². The summed E-state index contributed by atoms with van der Waals surface area (Å²) in [6.45, 7) is 3.32. The lowest BCUT2D eigenvalue weighted by atomic mass is 10.1. The molecule has 0 saturated carbocycles. The molecule has 2 unspecified atom stereocenters. The molecule has 1 fully saturated rings. The molecule has 1 saturated heterocycles. The molecule has 4 nitrogen and oxygen atoms in total. The quantitative estimate of drug-likeness (QED) is 0.858. The summed E-state index contributed by atoms with van der Waals surface area (Å²) in [5.41, 5.74) is 8.98. The van der Waals surface area contributed by atoms with E-state index < -0.39 is 0 Å². The summed E-state index contributed by atoms with van der Waals surface area (Å²) in [6.07, 6.45) is 1.00. The summed E-state index contributed by atoms with van der Waals surface area (Å²) in [4.78, 5) is 4.53. The molecule has 2 heterocycles. The van der Waals surface area contributed by atoms with Crippen molar-refractivity contribution < 1.29 is 9.15 Å². The molecule has 4 heteroatoms. The number of fused-ring (bicyclic) bond motifs is 1. The largest absolute Gasteiger partial charge is 0.440 e. The van der Waals surface area contributed by atoms with Gasteiger partial charge in [0.15, 0.2) is 5.58 Å². The van der Waals surface area contributed by atoms with Crippen LogP contribution in [0.4, 0.5) is 0 Å². The predicted octanol–water partition coefficient (Wildman–Crippen LogP) is 1.83. The Hall–Kier alpha value is -1.39. The number of rotatable bonds is 2. The van der Waals surface area contributed by atoms with Crippen molar-refractivity contribution in [1.82, 2.24) is 4.98 Å². The fourth-order valence-electron chi connectivity index (χ4n) is 2.19. The Morgan fingerprint density at radius 3 is 3.00 bits per heavy atom. The maximum absolute atomic E-state index is 5.96. The van der Waals surface area contributed by atoms with Gasteiger partial charge in [0.05, 0.1) is 19.1 Å². The van der Waals surface area contributed by atoms with E-state index in [1.807, 2.05) is 6.07 Å².